The highest BCUT2D eigenvalue weighted by molar-refractivity contribution is 9.10. The number of nitrogens with zero attached hydrogens (tertiary/aromatic N) is 2. The third-order valence-corrected chi connectivity index (χ3v) is 4.09. The van der Waals surface area contributed by atoms with Gasteiger partial charge in [-0.1, -0.05) is 0 Å². The lowest BCUT2D eigenvalue weighted by Gasteiger charge is -2.19. The highest BCUT2D eigenvalue weighted by atomic mass is 79.9. The van der Waals surface area contributed by atoms with Crippen LogP contribution in [0.3, 0.4) is 0 Å². The number of fused-ring (bicyclic) bond motifs is 1. The van der Waals surface area contributed by atoms with E-state index in [0.717, 1.165) is 34.5 Å². The first kappa shape index (κ1) is 15.0. The average molecular weight is 365 g/mol. The van der Waals surface area contributed by atoms with Crippen LogP contribution in [0.5, 0.6) is 17.2 Å². The summed E-state index contributed by atoms with van der Waals surface area (Å²) in [5.74, 6) is 1.84. The van der Waals surface area contributed by atoms with Crippen molar-refractivity contribution in [1.82, 2.24) is 4.57 Å². The zero-order valence-electron chi connectivity index (χ0n) is 12.7. The minimum absolute atomic E-state index is 0.585. The van der Waals surface area contributed by atoms with Crippen molar-refractivity contribution in [2.24, 2.45) is 4.99 Å². The summed E-state index contributed by atoms with van der Waals surface area (Å²) in [6.07, 6.45) is 2.07. The molecular weight excluding hydrogens is 348 g/mol. The fourth-order valence-electron chi connectivity index (χ4n) is 2.67. The van der Waals surface area contributed by atoms with Crippen molar-refractivity contribution in [2.75, 3.05) is 27.9 Å². The molecule has 1 aliphatic heterocycles. The number of hydrogen-bond acceptors (Lipinski definition) is 4. The van der Waals surface area contributed by atoms with Gasteiger partial charge in [-0.2, -0.15) is 0 Å². The van der Waals surface area contributed by atoms with E-state index in [1.807, 2.05) is 12.1 Å². The maximum atomic E-state index is 5.43. The van der Waals surface area contributed by atoms with Gasteiger partial charge in [0.2, 0.25) is 5.75 Å². The van der Waals surface area contributed by atoms with Gasteiger partial charge in [0, 0.05) is 22.8 Å². The quantitative estimate of drug-likeness (QED) is 0.836. The first-order valence-corrected chi connectivity index (χ1v) is 7.68. The van der Waals surface area contributed by atoms with Gasteiger partial charge in [-0.05, 0) is 34.1 Å². The normalized spacial score (nSPS) is 13.4. The van der Waals surface area contributed by atoms with Gasteiger partial charge >= 0.3 is 0 Å². The van der Waals surface area contributed by atoms with Gasteiger partial charge in [-0.25, -0.2) is 0 Å². The molecule has 0 spiro atoms. The van der Waals surface area contributed by atoms with Gasteiger partial charge in [-0.3, -0.25) is 4.99 Å². The maximum Gasteiger partial charge on any atom is 0.203 e. The SMILES string of the molecule is COc1cc(C2=NCCn3cc(Br)cc32)cc(OC)c1OC. The molecule has 0 unspecified atom stereocenters. The van der Waals surface area contributed by atoms with Crippen LogP contribution in [0, 0.1) is 0 Å². The van der Waals surface area contributed by atoms with Crippen molar-refractivity contribution in [3.63, 3.8) is 0 Å². The Bertz CT molecular complexity index is 712. The lowest BCUT2D eigenvalue weighted by atomic mass is 10.0. The molecule has 6 heteroatoms. The lowest BCUT2D eigenvalue weighted by Crippen LogP contribution is -2.18. The van der Waals surface area contributed by atoms with Crippen molar-refractivity contribution in [1.29, 1.82) is 0 Å². The van der Waals surface area contributed by atoms with Crippen LogP contribution in [0.1, 0.15) is 11.3 Å². The summed E-state index contributed by atoms with van der Waals surface area (Å²) >= 11 is 3.53. The average Bonchev–Trinajstić information content (AvgIpc) is 2.93. The van der Waals surface area contributed by atoms with E-state index in [1.165, 1.54) is 0 Å². The van der Waals surface area contributed by atoms with Crippen LogP contribution >= 0.6 is 15.9 Å². The number of aliphatic imine (C=N–C) groups is 1. The van der Waals surface area contributed by atoms with Crippen LogP contribution in [-0.4, -0.2) is 38.2 Å². The van der Waals surface area contributed by atoms with Crippen LogP contribution in [0.2, 0.25) is 0 Å². The van der Waals surface area contributed by atoms with Gasteiger partial charge in [-0.15, -0.1) is 0 Å². The molecule has 1 aromatic carbocycles. The molecule has 22 heavy (non-hydrogen) atoms. The summed E-state index contributed by atoms with van der Waals surface area (Å²) in [7, 11) is 4.83. The summed E-state index contributed by atoms with van der Waals surface area (Å²) in [6.45, 7) is 1.63. The molecule has 0 amide bonds. The summed E-state index contributed by atoms with van der Waals surface area (Å²) < 4.78 is 19.5. The minimum Gasteiger partial charge on any atom is -0.493 e. The topological polar surface area (TPSA) is 45.0 Å². The predicted molar refractivity (Wildman–Crippen MR) is 88.7 cm³/mol. The highest BCUT2D eigenvalue weighted by Gasteiger charge is 2.21. The first-order valence-electron chi connectivity index (χ1n) is 6.88. The molecule has 0 radical (unpaired) electrons. The van der Waals surface area contributed by atoms with Crippen LogP contribution < -0.4 is 14.2 Å². The van der Waals surface area contributed by atoms with Gasteiger partial charge in [0.1, 0.15) is 0 Å². The molecular formula is C16H17BrN2O3. The fourth-order valence-corrected chi connectivity index (χ4v) is 3.13. The second kappa shape index (κ2) is 6.04. The lowest BCUT2D eigenvalue weighted by molar-refractivity contribution is 0.324. The van der Waals surface area contributed by atoms with E-state index in [4.69, 9.17) is 14.2 Å². The Morgan fingerprint density at radius 2 is 1.73 bits per heavy atom. The van der Waals surface area contributed by atoms with Crippen molar-refractivity contribution >= 4 is 21.6 Å². The Balaban J connectivity index is 2.14. The number of benzene rings is 1. The number of ether oxygens (including phenoxy) is 3. The molecule has 0 saturated heterocycles. The predicted octanol–water partition coefficient (Wildman–Crippen LogP) is 3.13. The summed E-state index contributed by atoms with van der Waals surface area (Å²) in [5.41, 5.74) is 2.95. The fraction of sp³-hybridized carbons (Fsp3) is 0.312. The van der Waals surface area contributed by atoms with E-state index >= 15 is 0 Å². The Morgan fingerprint density at radius 3 is 2.32 bits per heavy atom. The largest absolute Gasteiger partial charge is 0.493 e. The van der Waals surface area contributed by atoms with Gasteiger partial charge < -0.3 is 18.8 Å². The van der Waals surface area contributed by atoms with E-state index in [0.29, 0.717) is 17.2 Å². The third kappa shape index (κ3) is 2.47. The molecule has 0 aliphatic carbocycles. The van der Waals surface area contributed by atoms with Crippen LogP contribution in [0.4, 0.5) is 0 Å². The van der Waals surface area contributed by atoms with Crippen LogP contribution in [0.15, 0.2) is 33.9 Å². The molecule has 2 heterocycles. The van der Waals surface area contributed by atoms with E-state index in [2.05, 4.69) is 37.8 Å². The van der Waals surface area contributed by atoms with Crippen molar-refractivity contribution in [3.8, 4) is 17.2 Å². The zero-order chi connectivity index (χ0) is 15.7. The number of methoxy groups -OCH3 is 3. The van der Waals surface area contributed by atoms with Crippen LogP contribution in [-0.2, 0) is 6.54 Å². The maximum absolute atomic E-state index is 5.43. The zero-order valence-corrected chi connectivity index (χ0v) is 14.3. The molecule has 0 fully saturated rings. The van der Waals surface area contributed by atoms with Gasteiger partial charge in [0.25, 0.3) is 0 Å². The smallest absolute Gasteiger partial charge is 0.203 e. The first-order chi connectivity index (χ1) is 10.7. The van der Waals surface area contributed by atoms with Crippen molar-refractivity contribution in [2.45, 2.75) is 6.54 Å². The number of hydrogen-bond donors (Lipinski definition) is 0. The van der Waals surface area contributed by atoms with E-state index in [9.17, 15) is 0 Å². The molecule has 0 atom stereocenters. The monoisotopic (exact) mass is 364 g/mol. The van der Waals surface area contributed by atoms with E-state index < -0.39 is 0 Å². The van der Waals surface area contributed by atoms with Crippen molar-refractivity contribution in [3.05, 3.63) is 40.1 Å². The molecule has 0 saturated carbocycles. The molecule has 5 nitrogen and oxygen atoms in total. The second-order valence-electron chi connectivity index (χ2n) is 4.88. The van der Waals surface area contributed by atoms with Crippen LogP contribution in [0.25, 0.3) is 0 Å². The molecule has 116 valence electrons. The van der Waals surface area contributed by atoms with E-state index in [1.54, 1.807) is 21.3 Å². The standard InChI is InChI=1S/C16H17BrN2O3/c1-20-13-6-10(7-14(21-2)16(13)22-3)15-12-8-11(17)9-19(12)5-4-18-15/h6-9H,4-5H2,1-3H3. The third-order valence-electron chi connectivity index (χ3n) is 3.65. The Labute approximate surface area is 137 Å². The second-order valence-corrected chi connectivity index (χ2v) is 5.80. The summed E-state index contributed by atoms with van der Waals surface area (Å²) in [5, 5.41) is 0. The number of halogens is 1. The molecule has 0 bridgehead atoms. The Hall–Kier alpha value is -1.95. The Kier molecular flexibility index (Phi) is 4.11. The molecule has 0 N–H and O–H groups in total. The number of rotatable bonds is 4. The molecule has 1 aliphatic rings. The van der Waals surface area contributed by atoms with Gasteiger partial charge in [0.05, 0.1) is 39.3 Å². The summed E-state index contributed by atoms with van der Waals surface area (Å²) in [4.78, 5) is 4.68. The van der Waals surface area contributed by atoms with E-state index in [-0.39, 0.29) is 0 Å². The molecule has 3 rings (SSSR count). The van der Waals surface area contributed by atoms with Crippen molar-refractivity contribution < 1.29 is 14.2 Å². The summed E-state index contributed by atoms with van der Waals surface area (Å²) in [6, 6.07) is 5.93. The molecule has 2 aromatic rings. The number of aromatic nitrogens is 1. The Morgan fingerprint density at radius 1 is 1.05 bits per heavy atom. The highest BCUT2D eigenvalue weighted by Crippen LogP contribution is 2.39. The molecule has 1 aromatic heterocycles. The van der Waals surface area contributed by atoms with Gasteiger partial charge in [0.15, 0.2) is 11.5 Å². The minimum atomic E-state index is 0.585.